The van der Waals surface area contributed by atoms with E-state index < -0.39 is 5.91 Å². The van der Waals surface area contributed by atoms with Crippen molar-refractivity contribution in [3.63, 3.8) is 0 Å². The van der Waals surface area contributed by atoms with Gasteiger partial charge >= 0.3 is 0 Å². The largest absolute Gasteiger partial charge is 0.321 e. The average molecular weight is 357 g/mol. The van der Waals surface area contributed by atoms with E-state index in [0.29, 0.717) is 16.3 Å². The quantitative estimate of drug-likeness (QED) is 0.564. The Morgan fingerprint density at radius 3 is 2.92 bits per heavy atom. The predicted molar refractivity (Wildman–Crippen MR) is 96.2 cm³/mol. The predicted octanol–water partition coefficient (Wildman–Crippen LogP) is 4.21. The Kier molecular flexibility index (Phi) is 4.38. The van der Waals surface area contributed by atoms with Crippen LogP contribution in [0, 0.1) is 25.2 Å². The number of nitriles is 1. The summed E-state index contributed by atoms with van der Waals surface area (Å²) < 4.78 is 1.74. The molecule has 0 bridgehead atoms. The van der Waals surface area contributed by atoms with Crippen LogP contribution < -0.4 is 5.32 Å². The number of halogens is 1. The molecule has 0 spiro atoms. The maximum Gasteiger partial charge on any atom is 0.266 e. The number of nitrogens with zero attached hydrogens (tertiary/aromatic N) is 3. The summed E-state index contributed by atoms with van der Waals surface area (Å²) in [7, 11) is 0. The number of nitrogens with one attached hydrogen (secondary N) is 1. The third-order valence-corrected chi connectivity index (χ3v) is 4.70. The van der Waals surface area contributed by atoms with Gasteiger partial charge in [-0.25, -0.2) is 4.98 Å². The minimum Gasteiger partial charge on any atom is -0.321 e. The number of carbonyl (C=O) groups is 1. The van der Waals surface area contributed by atoms with E-state index in [-0.39, 0.29) is 10.7 Å². The zero-order valence-corrected chi connectivity index (χ0v) is 14.6. The van der Waals surface area contributed by atoms with E-state index in [4.69, 9.17) is 11.6 Å². The fraction of sp³-hybridized carbons (Fsp3) is 0.118. The molecule has 0 unspecified atom stereocenters. The number of rotatable bonds is 3. The summed E-state index contributed by atoms with van der Waals surface area (Å²) in [6, 6.07) is 7.51. The van der Waals surface area contributed by atoms with Crippen molar-refractivity contribution in [2.24, 2.45) is 0 Å². The topological polar surface area (TPSA) is 70.2 Å². The molecule has 5 nitrogen and oxygen atoms in total. The molecule has 0 saturated carbocycles. The van der Waals surface area contributed by atoms with E-state index in [1.54, 1.807) is 16.7 Å². The lowest BCUT2D eigenvalue weighted by molar-refractivity contribution is -0.112. The minimum absolute atomic E-state index is 0.0388. The van der Waals surface area contributed by atoms with Gasteiger partial charge in [-0.05, 0) is 43.2 Å². The Morgan fingerprint density at radius 1 is 1.42 bits per heavy atom. The van der Waals surface area contributed by atoms with E-state index in [2.05, 4.69) is 10.3 Å². The van der Waals surface area contributed by atoms with Crippen molar-refractivity contribution >= 4 is 45.6 Å². The van der Waals surface area contributed by atoms with Crippen LogP contribution in [0.4, 0.5) is 5.69 Å². The summed E-state index contributed by atoms with van der Waals surface area (Å²) in [5.41, 5.74) is 3.32. The molecular formula is C17H13ClN4OS. The molecule has 2 heterocycles. The molecule has 2 aromatic heterocycles. The summed E-state index contributed by atoms with van der Waals surface area (Å²) in [5, 5.41) is 14.2. The van der Waals surface area contributed by atoms with Crippen LogP contribution in [0.15, 0.2) is 35.3 Å². The number of fused-ring (bicyclic) bond motifs is 1. The molecule has 3 rings (SSSR count). The van der Waals surface area contributed by atoms with Crippen molar-refractivity contribution in [2.75, 3.05) is 5.32 Å². The normalized spacial score (nSPS) is 11.5. The van der Waals surface area contributed by atoms with Crippen molar-refractivity contribution in [2.45, 2.75) is 13.8 Å². The number of aryl methyl sites for hydroxylation is 2. The van der Waals surface area contributed by atoms with Gasteiger partial charge in [-0.3, -0.25) is 9.20 Å². The Labute approximate surface area is 147 Å². The standard InChI is InChI=1S/C17H13ClN4OS/c1-10-3-4-13(7-11(10)2)20-16(23)12(9-19)8-14-15(18)21-17-22(14)5-6-24-17/h3-8H,1-2H3,(H,20,23)/b12-8+. The third-order valence-electron chi connectivity index (χ3n) is 3.67. The van der Waals surface area contributed by atoms with E-state index in [1.165, 1.54) is 17.4 Å². The van der Waals surface area contributed by atoms with Crippen LogP contribution in [-0.4, -0.2) is 15.3 Å². The Morgan fingerprint density at radius 2 is 2.21 bits per heavy atom. The highest BCUT2D eigenvalue weighted by molar-refractivity contribution is 7.15. The lowest BCUT2D eigenvalue weighted by Gasteiger charge is -2.07. The van der Waals surface area contributed by atoms with Crippen LogP contribution in [0.25, 0.3) is 11.0 Å². The Hall–Kier alpha value is -2.62. The lowest BCUT2D eigenvalue weighted by atomic mass is 10.1. The first kappa shape index (κ1) is 16.2. The Bertz CT molecular complexity index is 1010. The fourth-order valence-electron chi connectivity index (χ4n) is 2.21. The molecular weight excluding hydrogens is 344 g/mol. The van der Waals surface area contributed by atoms with E-state index in [1.807, 2.05) is 37.4 Å². The average Bonchev–Trinajstić information content (AvgIpc) is 3.10. The summed E-state index contributed by atoms with van der Waals surface area (Å²) in [6.45, 7) is 3.96. The minimum atomic E-state index is -0.484. The third kappa shape index (κ3) is 3.04. The zero-order chi connectivity index (χ0) is 17.3. The summed E-state index contributed by atoms with van der Waals surface area (Å²) >= 11 is 7.53. The van der Waals surface area contributed by atoms with Gasteiger partial charge in [0.05, 0.1) is 5.69 Å². The number of aromatic nitrogens is 2. The number of imidazole rings is 1. The first-order valence-corrected chi connectivity index (χ1v) is 8.37. The highest BCUT2D eigenvalue weighted by Crippen LogP contribution is 2.24. The van der Waals surface area contributed by atoms with Crippen molar-refractivity contribution in [1.29, 1.82) is 5.26 Å². The number of anilines is 1. The number of hydrogen-bond acceptors (Lipinski definition) is 4. The number of carbonyl (C=O) groups excluding carboxylic acids is 1. The van der Waals surface area contributed by atoms with Crippen LogP contribution in [0.5, 0.6) is 0 Å². The number of hydrogen-bond donors (Lipinski definition) is 1. The van der Waals surface area contributed by atoms with Gasteiger partial charge in [0, 0.05) is 17.3 Å². The van der Waals surface area contributed by atoms with Crippen LogP contribution in [0.2, 0.25) is 5.15 Å². The first-order valence-electron chi connectivity index (χ1n) is 7.11. The zero-order valence-electron chi connectivity index (χ0n) is 13.0. The second-order valence-corrected chi connectivity index (χ2v) is 6.50. The molecule has 0 atom stereocenters. The van der Waals surface area contributed by atoms with Crippen LogP contribution >= 0.6 is 22.9 Å². The van der Waals surface area contributed by atoms with Crippen LogP contribution in [0.3, 0.4) is 0 Å². The molecule has 1 N–H and O–H groups in total. The molecule has 0 saturated heterocycles. The SMILES string of the molecule is Cc1ccc(NC(=O)/C(C#N)=C/c2c(Cl)nc3sccn23)cc1C. The maximum atomic E-state index is 12.4. The van der Waals surface area contributed by atoms with Gasteiger partial charge in [0.15, 0.2) is 10.1 Å². The molecule has 1 amide bonds. The van der Waals surface area contributed by atoms with E-state index >= 15 is 0 Å². The van der Waals surface area contributed by atoms with Gasteiger partial charge in [0.25, 0.3) is 5.91 Å². The van der Waals surface area contributed by atoms with E-state index in [0.717, 1.165) is 11.1 Å². The molecule has 24 heavy (non-hydrogen) atoms. The summed E-state index contributed by atoms with van der Waals surface area (Å²) in [6.07, 6.45) is 3.24. The molecule has 0 aliphatic carbocycles. The molecule has 0 aliphatic heterocycles. The molecule has 3 aromatic rings. The molecule has 1 aromatic carbocycles. The van der Waals surface area contributed by atoms with Gasteiger partial charge in [0.1, 0.15) is 11.6 Å². The molecule has 0 aliphatic rings. The van der Waals surface area contributed by atoms with Crippen molar-refractivity contribution in [3.8, 4) is 6.07 Å². The number of thiazole rings is 1. The van der Waals surface area contributed by atoms with Gasteiger partial charge in [-0.15, -0.1) is 11.3 Å². The van der Waals surface area contributed by atoms with Gasteiger partial charge in [-0.1, -0.05) is 17.7 Å². The van der Waals surface area contributed by atoms with Gasteiger partial charge in [-0.2, -0.15) is 5.26 Å². The van der Waals surface area contributed by atoms with Crippen LogP contribution in [-0.2, 0) is 4.79 Å². The summed E-state index contributed by atoms with van der Waals surface area (Å²) in [5.74, 6) is -0.484. The fourth-order valence-corrected chi connectivity index (χ4v) is 3.21. The van der Waals surface area contributed by atoms with Gasteiger partial charge < -0.3 is 5.32 Å². The number of amides is 1. The van der Waals surface area contributed by atoms with E-state index in [9.17, 15) is 10.1 Å². The van der Waals surface area contributed by atoms with Crippen molar-refractivity contribution in [3.05, 3.63) is 57.3 Å². The smallest absolute Gasteiger partial charge is 0.266 e. The first-order chi connectivity index (χ1) is 11.5. The molecule has 0 fully saturated rings. The monoisotopic (exact) mass is 356 g/mol. The van der Waals surface area contributed by atoms with Crippen molar-refractivity contribution < 1.29 is 4.79 Å². The molecule has 0 radical (unpaired) electrons. The Balaban J connectivity index is 1.92. The lowest BCUT2D eigenvalue weighted by Crippen LogP contribution is -2.13. The highest BCUT2D eigenvalue weighted by atomic mass is 35.5. The van der Waals surface area contributed by atoms with Crippen molar-refractivity contribution in [1.82, 2.24) is 9.38 Å². The van der Waals surface area contributed by atoms with Crippen LogP contribution in [0.1, 0.15) is 16.8 Å². The number of benzene rings is 1. The summed E-state index contributed by atoms with van der Waals surface area (Å²) in [4.78, 5) is 17.3. The second kappa shape index (κ2) is 6.48. The molecule has 7 heteroatoms. The highest BCUT2D eigenvalue weighted by Gasteiger charge is 2.15. The van der Waals surface area contributed by atoms with Gasteiger partial charge in [0.2, 0.25) is 0 Å². The second-order valence-electron chi connectivity index (χ2n) is 5.27. The maximum absolute atomic E-state index is 12.4. The molecule has 120 valence electrons.